The van der Waals surface area contributed by atoms with E-state index in [-0.39, 0.29) is 27.4 Å². The average molecular weight is 452 g/mol. The molecule has 0 amide bonds. The van der Waals surface area contributed by atoms with Gasteiger partial charge in [0.05, 0.1) is 45.2 Å². The summed E-state index contributed by atoms with van der Waals surface area (Å²) in [6.07, 6.45) is -4.59. The summed E-state index contributed by atoms with van der Waals surface area (Å²) in [5.41, 5.74) is 0.585. The Labute approximate surface area is 179 Å². The fraction of sp³-hybridized carbons (Fsp3) is 0.143. The van der Waals surface area contributed by atoms with Crippen molar-refractivity contribution >= 4 is 34.2 Å². The van der Waals surface area contributed by atoms with Crippen molar-refractivity contribution in [2.75, 3.05) is 7.11 Å². The molecule has 30 heavy (non-hydrogen) atoms. The summed E-state index contributed by atoms with van der Waals surface area (Å²) in [6, 6.07) is 12.4. The number of hydrogen-bond donors (Lipinski definition) is 0. The Kier molecular flexibility index (Phi) is 5.11. The first-order chi connectivity index (χ1) is 14.2. The van der Waals surface area contributed by atoms with Gasteiger partial charge in [-0.2, -0.15) is 18.3 Å². The maximum atomic E-state index is 13.9. The standard InChI is InChI=1S/C21H14Cl2F3N3O/c1-11-19-15(21(24,25)26)10-18(12-3-8-16(22)17(23)9-12)27-20(19)29(28-11)13-4-6-14(30-2)7-5-13/h3-10H,1-2H3. The Morgan fingerprint density at radius 1 is 0.967 bits per heavy atom. The fourth-order valence-corrected chi connectivity index (χ4v) is 3.52. The highest BCUT2D eigenvalue weighted by atomic mass is 35.5. The Morgan fingerprint density at radius 2 is 1.67 bits per heavy atom. The van der Waals surface area contributed by atoms with Crippen LogP contribution in [0.15, 0.2) is 48.5 Å². The summed E-state index contributed by atoms with van der Waals surface area (Å²) in [4.78, 5) is 4.50. The van der Waals surface area contributed by atoms with Crippen LogP contribution in [-0.2, 0) is 6.18 Å². The van der Waals surface area contributed by atoms with Crippen LogP contribution < -0.4 is 4.74 Å². The minimum absolute atomic E-state index is 0.0536. The maximum absolute atomic E-state index is 13.9. The van der Waals surface area contributed by atoms with E-state index in [1.165, 1.54) is 30.8 Å². The summed E-state index contributed by atoms with van der Waals surface area (Å²) in [5, 5.41) is 4.80. The van der Waals surface area contributed by atoms with Crippen molar-refractivity contribution in [3.63, 3.8) is 0 Å². The Morgan fingerprint density at radius 3 is 2.27 bits per heavy atom. The van der Waals surface area contributed by atoms with E-state index in [1.807, 2.05) is 0 Å². The smallest absolute Gasteiger partial charge is 0.417 e. The van der Waals surface area contributed by atoms with Crippen molar-refractivity contribution in [3.8, 4) is 22.7 Å². The van der Waals surface area contributed by atoms with Crippen LogP contribution in [0.3, 0.4) is 0 Å². The normalized spacial score (nSPS) is 11.8. The van der Waals surface area contributed by atoms with Gasteiger partial charge in [-0.3, -0.25) is 0 Å². The van der Waals surface area contributed by atoms with Crippen LogP contribution in [0.4, 0.5) is 13.2 Å². The van der Waals surface area contributed by atoms with E-state index < -0.39 is 11.7 Å². The summed E-state index contributed by atoms with van der Waals surface area (Å²) < 4.78 is 48.3. The molecule has 0 atom stereocenters. The van der Waals surface area contributed by atoms with E-state index in [2.05, 4.69) is 10.1 Å². The van der Waals surface area contributed by atoms with Crippen molar-refractivity contribution in [2.24, 2.45) is 0 Å². The lowest BCUT2D eigenvalue weighted by Crippen LogP contribution is -2.08. The molecule has 154 valence electrons. The Hall–Kier alpha value is -2.77. The second kappa shape index (κ2) is 7.49. The summed E-state index contributed by atoms with van der Waals surface area (Å²) >= 11 is 12.0. The molecular weight excluding hydrogens is 438 g/mol. The Bertz CT molecular complexity index is 1250. The third-order valence-corrected chi connectivity index (χ3v) is 5.39. The molecule has 0 unspecified atom stereocenters. The number of methoxy groups -OCH3 is 1. The van der Waals surface area contributed by atoms with Crippen LogP contribution in [0.25, 0.3) is 28.0 Å². The highest BCUT2D eigenvalue weighted by molar-refractivity contribution is 6.42. The zero-order chi connectivity index (χ0) is 21.6. The van der Waals surface area contributed by atoms with Crippen LogP contribution in [-0.4, -0.2) is 21.9 Å². The van der Waals surface area contributed by atoms with Gasteiger partial charge < -0.3 is 4.74 Å². The van der Waals surface area contributed by atoms with Crippen LogP contribution in [0.5, 0.6) is 5.75 Å². The number of hydrogen-bond acceptors (Lipinski definition) is 3. The number of fused-ring (bicyclic) bond motifs is 1. The van der Waals surface area contributed by atoms with Gasteiger partial charge in [-0.1, -0.05) is 29.3 Å². The van der Waals surface area contributed by atoms with Crippen LogP contribution in [0.1, 0.15) is 11.3 Å². The van der Waals surface area contributed by atoms with Gasteiger partial charge in [0.1, 0.15) is 5.75 Å². The maximum Gasteiger partial charge on any atom is 0.417 e. The minimum Gasteiger partial charge on any atom is -0.497 e. The molecule has 4 aromatic rings. The summed E-state index contributed by atoms with van der Waals surface area (Å²) in [7, 11) is 1.53. The molecule has 4 rings (SSSR count). The number of ether oxygens (including phenoxy) is 1. The molecule has 0 radical (unpaired) electrons. The van der Waals surface area contributed by atoms with Gasteiger partial charge >= 0.3 is 6.18 Å². The second-order valence-corrected chi connectivity index (χ2v) is 7.39. The van der Waals surface area contributed by atoms with Crippen LogP contribution >= 0.6 is 23.2 Å². The largest absolute Gasteiger partial charge is 0.497 e. The molecule has 2 aromatic carbocycles. The van der Waals surface area contributed by atoms with E-state index in [4.69, 9.17) is 27.9 Å². The number of halogens is 5. The summed E-state index contributed by atoms with van der Waals surface area (Å²) in [5.74, 6) is 0.618. The molecular formula is C21H14Cl2F3N3O. The first-order valence-corrected chi connectivity index (χ1v) is 9.52. The number of aromatic nitrogens is 3. The van der Waals surface area contributed by atoms with Crippen LogP contribution in [0, 0.1) is 6.92 Å². The number of rotatable bonds is 3. The van der Waals surface area contributed by atoms with Gasteiger partial charge in [-0.05, 0) is 49.4 Å². The third kappa shape index (κ3) is 3.59. The minimum atomic E-state index is -4.59. The fourth-order valence-electron chi connectivity index (χ4n) is 3.22. The summed E-state index contributed by atoms with van der Waals surface area (Å²) in [6.45, 7) is 1.53. The lowest BCUT2D eigenvalue weighted by molar-refractivity contribution is -0.136. The average Bonchev–Trinajstić information content (AvgIpc) is 3.05. The van der Waals surface area contributed by atoms with E-state index in [1.54, 1.807) is 30.3 Å². The van der Waals surface area contributed by atoms with Gasteiger partial charge in [0.2, 0.25) is 0 Å². The van der Waals surface area contributed by atoms with E-state index in [0.29, 0.717) is 22.0 Å². The first kappa shape index (κ1) is 20.5. The topological polar surface area (TPSA) is 39.9 Å². The van der Waals surface area contributed by atoms with Crippen molar-refractivity contribution in [3.05, 3.63) is 69.8 Å². The molecule has 9 heteroatoms. The molecule has 0 saturated carbocycles. The zero-order valence-electron chi connectivity index (χ0n) is 15.8. The quantitative estimate of drug-likeness (QED) is 0.346. The monoisotopic (exact) mass is 451 g/mol. The molecule has 4 nitrogen and oxygen atoms in total. The number of pyridine rings is 1. The second-order valence-electron chi connectivity index (χ2n) is 6.58. The van der Waals surface area contributed by atoms with Crippen molar-refractivity contribution < 1.29 is 17.9 Å². The molecule has 2 aromatic heterocycles. The first-order valence-electron chi connectivity index (χ1n) is 8.76. The van der Waals surface area contributed by atoms with Gasteiger partial charge in [0, 0.05) is 5.56 Å². The van der Waals surface area contributed by atoms with E-state index >= 15 is 0 Å². The Balaban J connectivity index is 2.02. The molecule has 0 aliphatic carbocycles. The molecule has 0 N–H and O–H groups in total. The number of nitrogens with zero attached hydrogens (tertiary/aromatic N) is 3. The van der Waals surface area contributed by atoms with Gasteiger partial charge in [0.25, 0.3) is 0 Å². The van der Waals surface area contributed by atoms with Crippen LogP contribution in [0.2, 0.25) is 10.0 Å². The highest BCUT2D eigenvalue weighted by Gasteiger charge is 2.36. The van der Waals surface area contributed by atoms with Gasteiger partial charge in [-0.25, -0.2) is 9.67 Å². The molecule has 0 spiro atoms. The van der Waals surface area contributed by atoms with Crippen molar-refractivity contribution in [1.82, 2.24) is 14.8 Å². The van der Waals surface area contributed by atoms with Gasteiger partial charge in [0.15, 0.2) is 5.65 Å². The molecule has 0 bridgehead atoms. The zero-order valence-corrected chi connectivity index (χ0v) is 17.3. The highest BCUT2D eigenvalue weighted by Crippen LogP contribution is 2.39. The van der Waals surface area contributed by atoms with E-state index in [0.717, 1.165) is 6.07 Å². The predicted octanol–water partition coefficient (Wildman–Crippen LogP) is 6.73. The molecule has 0 aliphatic heterocycles. The number of aryl methyl sites for hydroxylation is 1. The number of benzene rings is 2. The van der Waals surface area contributed by atoms with E-state index in [9.17, 15) is 13.2 Å². The molecule has 0 saturated heterocycles. The molecule has 2 heterocycles. The lowest BCUT2D eigenvalue weighted by atomic mass is 10.1. The molecule has 0 fully saturated rings. The van der Waals surface area contributed by atoms with Gasteiger partial charge in [-0.15, -0.1) is 0 Å². The third-order valence-electron chi connectivity index (χ3n) is 4.65. The van der Waals surface area contributed by atoms with Crippen molar-refractivity contribution in [2.45, 2.75) is 13.1 Å². The lowest BCUT2D eigenvalue weighted by Gasteiger charge is -2.12. The predicted molar refractivity (Wildman–Crippen MR) is 111 cm³/mol. The van der Waals surface area contributed by atoms with Crippen molar-refractivity contribution in [1.29, 1.82) is 0 Å². The molecule has 0 aliphatic rings. The number of alkyl halides is 3. The SMILES string of the molecule is COc1ccc(-n2nc(C)c3c(C(F)(F)F)cc(-c4ccc(Cl)c(Cl)c4)nc32)cc1.